The zero-order chi connectivity index (χ0) is 13.1. The van der Waals surface area contributed by atoms with Crippen molar-refractivity contribution in [3.05, 3.63) is 24.3 Å². The van der Waals surface area contributed by atoms with Crippen molar-refractivity contribution in [2.75, 3.05) is 27.2 Å². The fraction of sp³-hybridized carbons (Fsp3) is 0.583. The molecular formula is C12H18N4O2. The lowest BCUT2D eigenvalue weighted by molar-refractivity contribution is 0.0698. The van der Waals surface area contributed by atoms with Crippen LogP contribution in [0.15, 0.2) is 18.7 Å². The molecule has 1 aliphatic heterocycles. The molecule has 2 heterocycles. The molecule has 1 aliphatic rings. The second-order valence-corrected chi connectivity index (χ2v) is 4.89. The third-order valence-electron chi connectivity index (χ3n) is 3.04. The minimum atomic E-state index is -0.441. The van der Waals surface area contributed by atoms with Crippen LogP contribution in [0.1, 0.15) is 16.8 Å². The number of aliphatic hydroxyl groups is 1. The van der Waals surface area contributed by atoms with E-state index in [1.165, 1.54) is 18.7 Å². The van der Waals surface area contributed by atoms with Crippen LogP contribution in [-0.2, 0) is 0 Å². The molecule has 1 amide bonds. The van der Waals surface area contributed by atoms with E-state index < -0.39 is 6.10 Å². The lowest BCUT2D eigenvalue weighted by Crippen LogP contribution is -2.41. The zero-order valence-corrected chi connectivity index (χ0v) is 10.7. The van der Waals surface area contributed by atoms with E-state index in [2.05, 4.69) is 9.97 Å². The van der Waals surface area contributed by atoms with Gasteiger partial charge in [0.05, 0.1) is 11.7 Å². The monoisotopic (exact) mass is 250 g/mol. The molecule has 0 saturated carbocycles. The van der Waals surface area contributed by atoms with Crippen molar-refractivity contribution in [3.8, 4) is 0 Å². The van der Waals surface area contributed by atoms with E-state index in [1.807, 2.05) is 19.0 Å². The summed E-state index contributed by atoms with van der Waals surface area (Å²) in [4.78, 5) is 23.7. The second-order valence-electron chi connectivity index (χ2n) is 4.89. The minimum Gasteiger partial charge on any atom is -0.391 e. The van der Waals surface area contributed by atoms with Gasteiger partial charge in [-0.3, -0.25) is 4.79 Å². The van der Waals surface area contributed by atoms with E-state index in [4.69, 9.17) is 0 Å². The highest BCUT2D eigenvalue weighted by atomic mass is 16.3. The van der Waals surface area contributed by atoms with Crippen LogP contribution in [0.4, 0.5) is 0 Å². The summed E-state index contributed by atoms with van der Waals surface area (Å²) in [5.41, 5.74) is 0.468. The molecule has 1 saturated heterocycles. The average molecular weight is 250 g/mol. The molecule has 0 spiro atoms. The lowest BCUT2D eigenvalue weighted by atomic mass is 10.2. The first-order chi connectivity index (χ1) is 8.58. The highest BCUT2D eigenvalue weighted by molar-refractivity contribution is 5.94. The normalized spacial score (nSPS) is 23.7. The highest BCUT2D eigenvalue weighted by Crippen LogP contribution is 2.20. The predicted molar refractivity (Wildman–Crippen MR) is 66.0 cm³/mol. The molecule has 1 fully saturated rings. The number of carbonyl (C=O) groups excluding carboxylic acids is 1. The summed E-state index contributed by atoms with van der Waals surface area (Å²) in [6, 6.07) is 0.0442. The standard InChI is InChI=1S/C12H18N4O2/c1-15(2)6-10-3-11(17)7-16(10)12(18)9-4-13-8-14-5-9/h4-5,8,10-11,17H,3,6-7H2,1-2H3. The average Bonchev–Trinajstić information content (AvgIpc) is 2.69. The largest absolute Gasteiger partial charge is 0.391 e. The first-order valence-corrected chi connectivity index (χ1v) is 5.96. The van der Waals surface area contributed by atoms with Gasteiger partial charge in [0, 0.05) is 31.5 Å². The fourth-order valence-electron chi connectivity index (χ4n) is 2.31. The number of carbonyl (C=O) groups is 1. The van der Waals surface area contributed by atoms with Crippen LogP contribution < -0.4 is 0 Å². The van der Waals surface area contributed by atoms with Crippen LogP contribution in [0.2, 0.25) is 0 Å². The van der Waals surface area contributed by atoms with Crippen molar-refractivity contribution in [1.82, 2.24) is 19.8 Å². The van der Waals surface area contributed by atoms with Gasteiger partial charge in [0.2, 0.25) is 0 Å². The first-order valence-electron chi connectivity index (χ1n) is 5.96. The number of likely N-dealkylation sites (N-methyl/N-ethyl adjacent to an activating group) is 1. The highest BCUT2D eigenvalue weighted by Gasteiger charge is 2.34. The number of hydrogen-bond donors (Lipinski definition) is 1. The van der Waals surface area contributed by atoms with E-state index in [0.29, 0.717) is 18.5 Å². The minimum absolute atomic E-state index is 0.0442. The van der Waals surface area contributed by atoms with Crippen molar-refractivity contribution in [2.45, 2.75) is 18.6 Å². The molecule has 18 heavy (non-hydrogen) atoms. The van der Waals surface area contributed by atoms with E-state index >= 15 is 0 Å². The molecule has 1 N–H and O–H groups in total. The predicted octanol–water partition coefficient (Wildman–Crippen LogP) is -0.386. The quantitative estimate of drug-likeness (QED) is 0.791. The van der Waals surface area contributed by atoms with Crippen LogP contribution in [0.5, 0.6) is 0 Å². The van der Waals surface area contributed by atoms with Crippen molar-refractivity contribution in [2.24, 2.45) is 0 Å². The molecule has 0 aliphatic carbocycles. The van der Waals surface area contributed by atoms with Gasteiger partial charge in [-0.25, -0.2) is 9.97 Å². The molecule has 98 valence electrons. The molecule has 1 aromatic rings. The van der Waals surface area contributed by atoms with Gasteiger partial charge in [0.1, 0.15) is 6.33 Å². The van der Waals surface area contributed by atoms with Crippen molar-refractivity contribution in [1.29, 1.82) is 0 Å². The second kappa shape index (κ2) is 5.41. The van der Waals surface area contributed by atoms with Gasteiger partial charge in [0.15, 0.2) is 0 Å². The molecule has 2 atom stereocenters. The topological polar surface area (TPSA) is 69.6 Å². The number of likely N-dealkylation sites (tertiary alicyclic amines) is 1. The zero-order valence-electron chi connectivity index (χ0n) is 10.7. The summed E-state index contributed by atoms with van der Waals surface area (Å²) in [5.74, 6) is -0.112. The Morgan fingerprint density at radius 1 is 1.50 bits per heavy atom. The summed E-state index contributed by atoms with van der Waals surface area (Å²) >= 11 is 0. The molecule has 1 aromatic heterocycles. The van der Waals surface area contributed by atoms with Gasteiger partial charge in [-0.15, -0.1) is 0 Å². The smallest absolute Gasteiger partial charge is 0.257 e. The maximum absolute atomic E-state index is 12.3. The molecule has 2 rings (SSSR count). The van der Waals surface area contributed by atoms with Crippen LogP contribution in [0, 0.1) is 0 Å². The molecular weight excluding hydrogens is 232 g/mol. The van der Waals surface area contributed by atoms with Gasteiger partial charge < -0.3 is 14.9 Å². The third-order valence-corrected chi connectivity index (χ3v) is 3.04. The van der Waals surface area contributed by atoms with Gasteiger partial charge in [-0.2, -0.15) is 0 Å². The molecule has 0 bridgehead atoms. The van der Waals surface area contributed by atoms with Crippen LogP contribution in [-0.4, -0.2) is 70.1 Å². The van der Waals surface area contributed by atoms with E-state index in [-0.39, 0.29) is 11.9 Å². The maximum Gasteiger partial charge on any atom is 0.257 e. The SMILES string of the molecule is CN(C)CC1CC(O)CN1C(=O)c1cncnc1. The summed E-state index contributed by atoms with van der Waals surface area (Å²) in [5, 5.41) is 9.74. The van der Waals surface area contributed by atoms with Crippen LogP contribution >= 0.6 is 0 Å². The lowest BCUT2D eigenvalue weighted by Gasteiger charge is -2.26. The van der Waals surface area contributed by atoms with Crippen molar-refractivity contribution >= 4 is 5.91 Å². The number of aromatic nitrogens is 2. The van der Waals surface area contributed by atoms with Crippen molar-refractivity contribution in [3.63, 3.8) is 0 Å². The third kappa shape index (κ3) is 2.83. The van der Waals surface area contributed by atoms with Gasteiger partial charge in [-0.1, -0.05) is 0 Å². The van der Waals surface area contributed by atoms with E-state index in [0.717, 1.165) is 6.54 Å². The van der Waals surface area contributed by atoms with E-state index in [9.17, 15) is 9.90 Å². The van der Waals surface area contributed by atoms with Crippen molar-refractivity contribution < 1.29 is 9.90 Å². The Morgan fingerprint density at radius 2 is 2.17 bits per heavy atom. The summed E-state index contributed by atoms with van der Waals surface area (Å²) in [6.45, 7) is 1.13. The first kappa shape index (κ1) is 12.9. The molecule has 6 nitrogen and oxygen atoms in total. The number of rotatable bonds is 3. The Balaban J connectivity index is 2.13. The Hall–Kier alpha value is -1.53. The maximum atomic E-state index is 12.3. The summed E-state index contributed by atoms with van der Waals surface area (Å²) in [6.07, 6.45) is 4.59. The van der Waals surface area contributed by atoms with Gasteiger partial charge in [-0.05, 0) is 20.5 Å². The number of aliphatic hydroxyl groups excluding tert-OH is 1. The Morgan fingerprint density at radius 3 is 2.78 bits per heavy atom. The summed E-state index contributed by atoms with van der Waals surface area (Å²) < 4.78 is 0. The Bertz CT molecular complexity index is 410. The van der Waals surface area contributed by atoms with Crippen LogP contribution in [0.3, 0.4) is 0 Å². The number of β-amino-alcohol motifs (C(OH)–C–C–N with tert-alkyl or cyclic N) is 1. The van der Waals surface area contributed by atoms with E-state index in [1.54, 1.807) is 4.90 Å². The van der Waals surface area contributed by atoms with Gasteiger partial charge >= 0.3 is 0 Å². The van der Waals surface area contributed by atoms with Gasteiger partial charge in [0.25, 0.3) is 5.91 Å². The summed E-state index contributed by atoms with van der Waals surface area (Å²) in [7, 11) is 3.91. The number of hydrogen-bond acceptors (Lipinski definition) is 5. The molecule has 0 aromatic carbocycles. The molecule has 0 radical (unpaired) electrons. The number of amides is 1. The molecule has 6 heteroatoms. The fourth-order valence-corrected chi connectivity index (χ4v) is 2.31. The number of nitrogens with zero attached hydrogens (tertiary/aromatic N) is 4. The Labute approximate surface area is 106 Å². The van der Waals surface area contributed by atoms with Crippen LogP contribution in [0.25, 0.3) is 0 Å². The Kier molecular flexibility index (Phi) is 3.88. The molecule has 2 unspecified atom stereocenters.